The minimum atomic E-state index is -3.41. The first-order valence-electron chi connectivity index (χ1n) is 9.54. The zero-order valence-corrected chi connectivity index (χ0v) is 18.4. The summed E-state index contributed by atoms with van der Waals surface area (Å²) in [4.78, 5) is 41.2. The molecule has 0 aliphatic heterocycles. The summed E-state index contributed by atoms with van der Waals surface area (Å²) in [7, 11) is -3.41. The Hall–Kier alpha value is -2.59. The molecule has 0 spiro atoms. The van der Waals surface area contributed by atoms with Gasteiger partial charge in [-0.05, 0) is 31.9 Å². The second-order valence-electron chi connectivity index (χ2n) is 7.42. The van der Waals surface area contributed by atoms with Crippen LogP contribution in [-0.4, -0.2) is 37.3 Å². The summed E-state index contributed by atoms with van der Waals surface area (Å²) in [5.74, 6) is -1.21. The smallest absolute Gasteiger partial charge is 0.235 e. The lowest BCUT2D eigenvalue weighted by Crippen LogP contribution is -2.23. The van der Waals surface area contributed by atoms with Crippen LogP contribution in [0.4, 0.5) is 10.8 Å². The molecule has 1 heterocycles. The van der Waals surface area contributed by atoms with Gasteiger partial charge in [-0.2, -0.15) is 0 Å². The lowest BCUT2D eigenvalue weighted by Gasteiger charge is -2.14. The van der Waals surface area contributed by atoms with Crippen LogP contribution in [0.15, 0.2) is 28.6 Å². The number of rotatable bonds is 7. The van der Waals surface area contributed by atoms with E-state index in [1.807, 2.05) is 6.92 Å². The molecule has 2 N–H and O–H groups in total. The molecule has 0 atom stereocenters. The monoisotopic (exact) mass is 449 g/mol. The van der Waals surface area contributed by atoms with Crippen LogP contribution in [0.1, 0.15) is 48.0 Å². The van der Waals surface area contributed by atoms with E-state index in [4.69, 9.17) is 0 Å². The topological polar surface area (TPSA) is 122 Å². The quantitative estimate of drug-likeness (QED) is 0.494. The molecule has 10 heteroatoms. The van der Waals surface area contributed by atoms with E-state index in [1.165, 1.54) is 0 Å². The lowest BCUT2D eigenvalue weighted by atomic mass is 9.94. The fraction of sp³-hybridized carbons (Fsp3) is 0.400. The molecule has 1 aromatic carbocycles. The Morgan fingerprint density at radius 3 is 2.43 bits per heavy atom. The normalized spacial score (nSPS) is 14.5. The van der Waals surface area contributed by atoms with Crippen molar-refractivity contribution in [3.8, 4) is 0 Å². The average Bonchev–Trinajstić information content (AvgIpc) is 3.34. The van der Waals surface area contributed by atoms with Gasteiger partial charge < -0.3 is 10.6 Å². The standard InChI is InChI=1S/C20H23N3O5S2/c1-12-7-8-15(14(9-12)19(26)13-5-3-4-6-13)22-16(24)10-17(25)23-20-21-11-18(29-20)30(2,27)28/h7-9,11,13H,3-6,10H2,1-2H3,(H,22,24)(H,21,23,25). The number of sulfone groups is 1. The zero-order chi connectivity index (χ0) is 21.9. The third-order valence-corrected chi connectivity index (χ3v) is 7.56. The van der Waals surface area contributed by atoms with Gasteiger partial charge in [0, 0.05) is 17.7 Å². The van der Waals surface area contributed by atoms with Gasteiger partial charge in [-0.3, -0.25) is 14.4 Å². The van der Waals surface area contributed by atoms with E-state index in [1.54, 1.807) is 18.2 Å². The van der Waals surface area contributed by atoms with E-state index in [-0.39, 0.29) is 21.0 Å². The first-order valence-corrected chi connectivity index (χ1v) is 12.2. The number of aryl methyl sites for hydroxylation is 1. The fourth-order valence-corrected chi connectivity index (χ4v) is 5.02. The Balaban J connectivity index is 1.65. The number of Topliss-reactive ketones (excluding diaryl/α,β-unsaturated/α-hetero) is 1. The molecule has 1 fully saturated rings. The number of hydrogen-bond acceptors (Lipinski definition) is 7. The van der Waals surface area contributed by atoms with Crippen LogP contribution in [-0.2, 0) is 19.4 Å². The third-order valence-electron chi connectivity index (χ3n) is 4.86. The molecule has 8 nitrogen and oxygen atoms in total. The van der Waals surface area contributed by atoms with Crippen molar-refractivity contribution >= 4 is 49.6 Å². The van der Waals surface area contributed by atoms with Gasteiger partial charge >= 0.3 is 0 Å². The predicted molar refractivity (Wildman–Crippen MR) is 115 cm³/mol. The first-order chi connectivity index (χ1) is 14.1. The molecule has 30 heavy (non-hydrogen) atoms. The fourth-order valence-electron chi connectivity index (χ4n) is 3.37. The summed E-state index contributed by atoms with van der Waals surface area (Å²) in [5.41, 5.74) is 1.77. The number of aromatic nitrogens is 1. The Morgan fingerprint density at radius 2 is 1.80 bits per heavy atom. The summed E-state index contributed by atoms with van der Waals surface area (Å²) >= 11 is 0.814. The van der Waals surface area contributed by atoms with E-state index in [0.717, 1.165) is 55.0 Å². The first kappa shape index (κ1) is 22.1. The minimum Gasteiger partial charge on any atom is -0.325 e. The van der Waals surface area contributed by atoms with Gasteiger partial charge in [-0.25, -0.2) is 13.4 Å². The van der Waals surface area contributed by atoms with Crippen molar-refractivity contribution < 1.29 is 22.8 Å². The second kappa shape index (κ2) is 9.05. The van der Waals surface area contributed by atoms with Crippen LogP contribution >= 0.6 is 11.3 Å². The minimum absolute atomic E-state index is 0.0204. The van der Waals surface area contributed by atoms with Gasteiger partial charge in [0.2, 0.25) is 11.8 Å². The molecule has 1 saturated carbocycles. The number of anilines is 2. The maximum Gasteiger partial charge on any atom is 0.235 e. The van der Waals surface area contributed by atoms with Gasteiger partial charge in [0.05, 0.1) is 11.9 Å². The number of hydrogen-bond donors (Lipinski definition) is 2. The number of carbonyl (C=O) groups is 3. The molecular weight excluding hydrogens is 426 g/mol. The van der Waals surface area contributed by atoms with E-state index < -0.39 is 28.1 Å². The molecule has 0 bridgehead atoms. The Kier molecular flexibility index (Phi) is 6.67. The largest absolute Gasteiger partial charge is 0.325 e. The highest BCUT2D eigenvalue weighted by molar-refractivity contribution is 7.92. The Labute approximate surface area is 179 Å². The van der Waals surface area contributed by atoms with E-state index >= 15 is 0 Å². The molecule has 3 rings (SSSR count). The molecular formula is C20H23N3O5S2. The molecule has 1 aliphatic rings. The van der Waals surface area contributed by atoms with Crippen molar-refractivity contribution in [1.82, 2.24) is 4.98 Å². The molecule has 1 aliphatic carbocycles. The van der Waals surface area contributed by atoms with Gasteiger partial charge in [0.25, 0.3) is 0 Å². The number of ketones is 1. The Bertz CT molecular complexity index is 1090. The lowest BCUT2D eigenvalue weighted by molar-refractivity contribution is -0.123. The van der Waals surface area contributed by atoms with Crippen molar-refractivity contribution in [2.24, 2.45) is 5.92 Å². The second-order valence-corrected chi connectivity index (χ2v) is 10.7. The molecule has 160 valence electrons. The van der Waals surface area contributed by atoms with Crippen LogP contribution in [0.3, 0.4) is 0 Å². The summed E-state index contributed by atoms with van der Waals surface area (Å²) in [6.07, 6.45) is 5.48. The molecule has 0 saturated heterocycles. The molecule has 0 unspecified atom stereocenters. The highest BCUT2D eigenvalue weighted by atomic mass is 32.2. The number of nitrogens with zero attached hydrogens (tertiary/aromatic N) is 1. The van der Waals surface area contributed by atoms with Gasteiger partial charge in [-0.1, -0.05) is 35.8 Å². The van der Waals surface area contributed by atoms with Crippen LogP contribution in [0.2, 0.25) is 0 Å². The van der Waals surface area contributed by atoms with E-state index in [2.05, 4.69) is 15.6 Å². The number of thiazole rings is 1. The van der Waals surface area contributed by atoms with E-state index in [0.29, 0.717) is 11.3 Å². The SMILES string of the molecule is Cc1ccc(NC(=O)CC(=O)Nc2ncc(S(C)(=O)=O)s2)c(C(=O)C2CCCC2)c1. The van der Waals surface area contributed by atoms with Gasteiger partial charge in [0.15, 0.2) is 20.8 Å². The molecule has 2 amide bonds. The van der Waals surface area contributed by atoms with Crippen molar-refractivity contribution in [3.63, 3.8) is 0 Å². The average molecular weight is 450 g/mol. The summed E-state index contributed by atoms with van der Waals surface area (Å²) < 4.78 is 23.0. The highest BCUT2D eigenvalue weighted by Gasteiger charge is 2.26. The van der Waals surface area contributed by atoms with Crippen molar-refractivity contribution in [2.75, 3.05) is 16.9 Å². The highest BCUT2D eigenvalue weighted by Crippen LogP contribution is 2.31. The van der Waals surface area contributed by atoms with Crippen LogP contribution in [0, 0.1) is 12.8 Å². The summed E-state index contributed by atoms with van der Waals surface area (Å²) in [6, 6.07) is 5.23. The zero-order valence-electron chi connectivity index (χ0n) is 16.7. The molecule has 0 radical (unpaired) electrons. The number of nitrogens with one attached hydrogen (secondary N) is 2. The van der Waals surface area contributed by atoms with Crippen molar-refractivity contribution in [2.45, 2.75) is 43.2 Å². The van der Waals surface area contributed by atoms with Crippen LogP contribution in [0.25, 0.3) is 0 Å². The van der Waals surface area contributed by atoms with E-state index in [9.17, 15) is 22.8 Å². The maximum atomic E-state index is 12.9. The number of carbonyl (C=O) groups excluding carboxylic acids is 3. The Morgan fingerprint density at radius 1 is 1.13 bits per heavy atom. The van der Waals surface area contributed by atoms with Crippen molar-refractivity contribution in [3.05, 3.63) is 35.5 Å². The number of benzene rings is 1. The van der Waals surface area contributed by atoms with Crippen LogP contribution < -0.4 is 10.6 Å². The molecule has 1 aromatic heterocycles. The maximum absolute atomic E-state index is 12.9. The van der Waals surface area contributed by atoms with Crippen LogP contribution in [0.5, 0.6) is 0 Å². The van der Waals surface area contributed by atoms with Crippen molar-refractivity contribution in [1.29, 1.82) is 0 Å². The predicted octanol–water partition coefficient (Wildman–Crippen LogP) is 3.20. The van der Waals surface area contributed by atoms with Gasteiger partial charge in [-0.15, -0.1) is 0 Å². The third kappa shape index (κ3) is 5.51. The molecule has 2 aromatic rings. The summed E-state index contributed by atoms with van der Waals surface area (Å²) in [6.45, 7) is 1.88. The van der Waals surface area contributed by atoms with Gasteiger partial charge in [0.1, 0.15) is 10.6 Å². The summed E-state index contributed by atoms with van der Waals surface area (Å²) in [5, 5.41) is 5.17. The number of amides is 2.